The van der Waals surface area contributed by atoms with Gasteiger partial charge < -0.3 is 19.3 Å². The molecule has 0 aromatic heterocycles. The van der Waals surface area contributed by atoms with E-state index in [4.69, 9.17) is 9.47 Å². The van der Waals surface area contributed by atoms with Crippen molar-refractivity contribution < 1.29 is 19.2 Å². The Kier molecular flexibility index (Phi) is 7.09. The van der Waals surface area contributed by atoms with E-state index < -0.39 is 6.10 Å². The van der Waals surface area contributed by atoms with Crippen LogP contribution in [0.2, 0.25) is 0 Å². The van der Waals surface area contributed by atoms with E-state index in [1.807, 2.05) is 47.4 Å². The molecule has 1 atom stereocenters. The summed E-state index contributed by atoms with van der Waals surface area (Å²) in [7, 11) is 1.60. The molecule has 1 saturated heterocycles. The molecule has 148 valence electrons. The maximum atomic E-state index is 12.7. The van der Waals surface area contributed by atoms with Crippen LogP contribution in [-0.2, 0) is 4.79 Å². The van der Waals surface area contributed by atoms with Crippen LogP contribution in [0.5, 0.6) is 11.5 Å². The number of rotatable bonds is 7. The van der Waals surface area contributed by atoms with Gasteiger partial charge in [-0.3, -0.25) is 4.79 Å². The summed E-state index contributed by atoms with van der Waals surface area (Å²) in [4.78, 5) is 16.1. The minimum absolute atomic E-state index is 0.0322. The molecule has 1 aliphatic heterocycles. The van der Waals surface area contributed by atoms with Gasteiger partial charge >= 0.3 is 0 Å². The Hall–Kier alpha value is -2.79. The highest BCUT2D eigenvalue weighted by Crippen LogP contribution is 2.27. The topological polar surface area (TPSA) is 43.2 Å². The Morgan fingerprint density at radius 3 is 2.39 bits per heavy atom. The molecule has 1 N–H and O–H groups in total. The maximum Gasteiger partial charge on any atom is 0.263 e. The Morgan fingerprint density at radius 1 is 1.07 bits per heavy atom. The quantitative estimate of drug-likeness (QED) is 0.797. The fourth-order valence-electron chi connectivity index (χ4n) is 3.39. The van der Waals surface area contributed by atoms with Gasteiger partial charge in [0, 0.05) is 0 Å². The molecule has 1 aliphatic rings. The van der Waals surface area contributed by atoms with Crippen molar-refractivity contribution in [3.8, 4) is 11.5 Å². The monoisotopic (exact) mass is 381 g/mol. The van der Waals surface area contributed by atoms with Gasteiger partial charge in [-0.2, -0.15) is 0 Å². The van der Waals surface area contributed by atoms with Gasteiger partial charge in [0.2, 0.25) is 0 Å². The second-order valence-corrected chi connectivity index (χ2v) is 7.00. The van der Waals surface area contributed by atoms with Crippen LogP contribution in [0.15, 0.2) is 60.7 Å². The molecule has 2 aromatic carbocycles. The number of carbonyl (C=O) groups excluding carboxylic acids is 1. The second-order valence-electron chi connectivity index (χ2n) is 7.00. The number of benzene rings is 2. The number of nitrogens with zero attached hydrogens (tertiary/aromatic N) is 1. The first-order chi connectivity index (χ1) is 13.7. The summed E-state index contributed by atoms with van der Waals surface area (Å²) in [5.41, 5.74) is 1.22. The Balaban J connectivity index is 1.46. The van der Waals surface area contributed by atoms with Crippen LogP contribution >= 0.6 is 0 Å². The lowest BCUT2D eigenvalue weighted by Gasteiger charge is -2.33. The van der Waals surface area contributed by atoms with Crippen LogP contribution in [0.4, 0.5) is 0 Å². The number of methoxy groups -OCH3 is 1. The highest BCUT2D eigenvalue weighted by molar-refractivity contribution is 5.81. The predicted molar refractivity (Wildman–Crippen MR) is 111 cm³/mol. The van der Waals surface area contributed by atoms with Crippen molar-refractivity contribution in [1.82, 2.24) is 4.90 Å². The van der Waals surface area contributed by atoms with Crippen molar-refractivity contribution in [2.45, 2.75) is 13.0 Å². The summed E-state index contributed by atoms with van der Waals surface area (Å²) in [5.74, 6) is 1.27. The number of hydrogen-bond acceptors (Lipinski definition) is 3. The standard InChI is InChI=1S/C23H28N2O3/c1-19(28-22-13-7-6-12-21(22)27-2)23(26)25-17-15-24(16-18-25)14-8-11-20-9-4-3-5-10-20/h3-13,19H,14-18H2,1-2H3/p+1/b11-8+/t19-/m1/s1. The molecule has 1 amide bonds. The second kappa shape index (κ2) is 9.95. The van der Waals surface area contributed by atoms with Crippen LogP contribution in [0.25, 0.3) is 6.08 Å². The summed E-state index contributed by atoms with van der Waals surface area (Å²) >= 11 is 0. The van der Waals surface area contributed by atoms with Gasteiger partial charge in [-0.1, -0.05) is 48.5 Å². The molecule has 5 nitrogen and oxygen atoms in total. The Morgan fingerprint density at radius 2 is 1.71 bits per heavy atom. The zero-order valence-electron chi connectivity index (χ0n) is 16.6. The number of quaternary nitrogens is 1. The molecule has 5 heteroatoms. The number of hydrogen-bond donors (Lipinski definition) is 1. The SMILES string of the molecule is COc1ccccc1O[C@H](C)C(=O)N1CC[NH+](C/C=C/c2ccccc2)CC1. The van der Waals surface area contributed by atoms with E-state index in [2.05, 4.69) is 24.3 Å². The van der Waals surface area contributed by atoms with Crippen molar-refractivity contribution in [2.24, 2.45) is 0 Å². The maximum absolute atomic E-state index is 12.7. The van der Waals surface area contributed by atoms with E-state index >= 15 is 0 Å². The van der Waals surface area contributed by atoms with E-state index in [1.165, 1.54) is 10.5 Å². The number of piperazine rings is 1. The van der Waals surface area contributed by atoms with E-state index in [9.17, 15) is 4.79 Å². The van der Waals surface area contributed by atoms with Crippen LogP contribution in [-0.4, -0.2) is 56.7 Å². The van der Waals surface area contributed by atoms with Gasteiger partial charge in [0.1, 0.15) is 0 Å². The van der Waals surface area contributed by atoms with Gasteiger partial charge in [-0.25, -0.2) is 0 Å². The molecule has 0 spiro atoms. The normalized spacial score (nSPS) is 16.1. The third kappa shape index (κ3) is 5.36. The van der Waals surface area contributed by atoms with Crippen LogP contribution in [0.1, 0.15) is 12.5 Å². The largest absolute Gasteiger partial charge is 0.493 e. The first kappa shape index (κ1) is 20.0. The van der Waals surface area contributed by atoms with Crippen LogP contribution < -0.4 is 14.4 Å². The lowest BCUT2D eigenvalue weighted by Crippen LogP contribution is -3.14. The van der Waals surface area contributed by atoms with Crippen molar-refractivity contribution in [1.29, 1.82) is 0 Å². The molecule has 0 saturated carbocycles. The van der Waals surface area contributed by atoms with Crippen LogP contribution in [0, 0.1) is 0 Å². The first-order valence-electron chi connectivity index (χ1n) is 9.81. The molecule has 1 heterocycles. The Bertz CT molecular complexity index is 783. The molecule has 2 aromatic rings. The van der Waals surface area contributed by atoms with Crippen molar-refractivity contribution in [3.63, 3.8) is 0 Å². The van der Waals surface area contributed by atoms with E-state index in [-0.39, 0.29) is 5.91 Å². The predicted octanol–water partition coefficient (Wildman–Crippen LogP) is 1.90. The molecule has 3 rings (SSSR count). The number of ether oxygens (including phenoxy) is 2. The van der Waals surface area contributed by atoms with E-state index in [1.54, 1.807) is 14.0 Å². The molecule has 1 fully saturated rings. The van der Waals surface area contributed by atoms with Gasteiger partial charge in [0.05, 0.1) is 39.8 Å². The molecular weight excluding hydrogens is 352 g/mol. The Labute approximate surface area is 167 Å². The molecular formula is C23H29N2O3+. The molecule has 28 heavy (non-hydrogen) atoms. The highest BCUT2D eigenvalue weighted by Gasteiger charge is 2.27. The molecule has 0 aliphatic carbocycles. The number of nitrogens with one attached hydrogen (secondary N) is 1. The third-order valence-corrected chi connectivity index (χ3v) is 5.02. The van der Waals surface area contributed by atoms with Crippen molar-refractivity contribution in [2.75, 3.05) is 39.8 Å². The third-order valence-electron chi connectivity index (χ3n) is 5.02. The molecule has 0 bridgehead atoms. The summed E-state index contributed by atoms with van der Waals surface area (Å²) in [6.45, 7) is 6.19. The number of amides is 1. The lowest BCUT2D eigenvalue weighted by atomic mass is 10.2. The van der Waals surface area contributed by atoms with Gasteiger partial charge in [-0.05, 0) is 30.7 Å². The first-order valence-corrected chi connectivity index (χ1v) is 9.81. The lowest BCUT2D eigenvalue weighted by molar-refractivity contribution is -0.898. The summed E-state index contributed by atoms with van der Waals surface area (Å²) in [6, 6.07) is 17.7. The van der Waals surface area contributed by atoms with Gasteiger partial charge in [-0.15, -0.1) is 0 Å². The zero-order valence-corrected chi connectivity index (χ0v) is 16.6. The summed E-state index contributed by atoms with van der Waals surface area (Å²) in [6.07, 6.45) is 3.85. The highest BCUT2D eigenvalue weighted by atomic mass is 16.5. The smallest absolute Gasteiger partial charge is 0.263 e. The van der Waals surface area contributed by atoms with Crippen molar-refractivity contribution in [3.05, 3.63) is 66.2 Å². The minimum Gasteiger partial charge on any atom is -0.493 e. The average Bonchev–Trinajstić information content (AvgIpc) is 2.75. The number of carbonyl (C=O) groups is 1. The van der Waals surface area contributed by atoms with Gasteiger partial charge in [0.15, 0.2) is 17.6 Å². The average molecular weight is 381 g/mol. The zero-order chi connectivity index (χ0) is 19.8. The summed E-state index contributed by atoms with van der Waals surface area (Å²) < 4.78 is 11.2. The molecule has 0 radical (unpaired) electrons. The fourth-order valence-corrected chi connectivity index (χ4v) is 3.39. The summed E-state index contributed by atoms with van der Waals surface area (Å²) in [5, 5.41) is 0. The fraction of sp³-hybridized carbons (Fsp3) is 0.348. The minimum atomic E-state index is -0.532. The van der Waals surface area contributed by atoms with E-state index in [0.717, 1.165) is 32.7 Å². The van der Waals surface area contributed by atoms with Gasteiger partial charge in [0.25, 0.3) is 5.91 Å². The molecule has 0 unspecified atom stereocenters. The van der Waals surface area contributed by atoms with Crippen LogP contribution in [0.3, 0.4) is 0 Å². The van der Waals surface area contributed by atoms with Crippen molar-refractivity contribution >= 4 is 12.0 Å². The number of para-hydroxylation sites is 2. The van der Waals surface area contributed by atoms with E-state index in [0.29, 0.717) is 11.5 Å².